The van der Waals surface area contributed by atoms with Gasteiger partial charge in [-0.1, -0.05) is 48.5 Å². The summed E-state index contributed by atoms with van der Waals surface area (Å²) in [6.45, 7) is 4.52. The minimum Gasteiger partial charge on any atom is -0.496 e. The van der Waals surface area contributed by atoms with Crippen LogP contribution in [0.25, 0.3) is 0 Å². The second kappa shape index (κ2) is 18.2. The van der Waals surface area contributed by atoms with E-state index >= 15 is 0 Å². The fourth-order valence-electron chi connectivity index (χ4n) is 5.32. The Hall–Kier alpha value is -3.59. The molecule has 0 radical (unpaired) electrons. The van der Waals surface area contributed by atoms with Crippen molar-refractivity contribution in [2.24, 2.45) is 0 Å². The van der Waals surface area contributed by atoms with Crippen LogP contribution in [0.2, 0.25) is 0 Å². The third-order valence-corrected chi connectivity index (χ3v) is 7.66. The van der Waals surface area contributed by atoms with E-state index < -0.39 is 0 Å². The smallest absolute Gasteiger partial charge is 0.219 e. The second-order valence-corrected chi connectivity index (χ2v) is 10.6. The van der Waals surface area contributed by atoms with Gasteiger partial charge in [0.15, 0.2) is 0 Å². The van der Waals surface area contributed by atoms with Gasteiger partial charge in [0.1, 0.15) is 23.9 Å². The maximum Gasteiger partial charge on any atom is 0.219 e. The number of ether oxygens (including phenoxy) is 5. The fraction of sp³-hybridized carbons (Fsp3) is 0.457. The largest absolute Gasteiger partial charge is 0.496 e. The average molecular weight is 591 g/mol. The molecule has 0 spiro atoms. The summed E-state index contributed by atoms with van der Waals surface area (Å²) < 4.78 is 29.6. The second-order valence-electron chi connectivity index (χ2n) is 10.6. The highest BCUT2D eigenvalue weighted by molar-refractivity contribution is 5.75. The number of rotatable bonds is 18. The summed E-state index contributed by atoms with van der Waals surface area (Å²) in [5.41, 5.74) is 3.43. The summed E-state index contributed by atoms with van der Waals surface area (Å²) in [5, 5.41) is 6.14. The highest BCUT2D eigenvalue weighted by Gasteiger charge is 2.27. The van der Waals surface area contributed by atoms with Crippen molar-refractivity contribution in [3.05, 3.63) is 89.5 Å². The molecule has 2 unspecified atom stereocenters. The molecule has 1 aliphatic rings. The molecule has 3 aromatic carbocycles. The molecule has 3 aromatic rings. The lowest BCUT2D eigenvalue weighted by molar-refractivity contribution is -0.120. The molecule has 2 N–H and O–H groups in total. The number of nitrogens with one attached hydrogen (secondary N) is 2. The first-order chi connectivity index (χ1) is 21.2. The number of para-hydroxylation sites is 2. The number of amides is 1. The van der Waals surface area contributed by atoms with Crippen LogP contribution in [0.1, 0.15) is 48.3 Å². The van der Waals surface area contributed by atoms with Gasteiger partial charge in [-0.3, -0.25) is 4.79 Å². The Kier molecular flexibility index (Phi) is 13.7. The number of aryl methyl sites for hydroxylation is 1. The Labute approximate surface area is 256 Å². The quantitative estimate of drug-likeness (QED) is 0.195. The molecule has 4 rings (SSSR count). The number of hydrogen-bond donors (Lipinski definition) is 2. The third kappa shape index (κ3) is 10.6. The van der Waals surface area contributed by atoms with Crippen LogP contribution in [0, 0.1) is 0 Å². The first kappa shape index (κ1) is 32.3. The van der Waals surface area contributed by atoms with Crippen molar-refractivity contribution in [1.29, 1.82) is 0 Å². The predicted octanol–water partition coefficient (Wildman–Crippen LogP) is 5.29. The van der Waals surface area contributed by atoms with E-state index in [2.05, 4.69) is 28.8 Å². The van der Waals surface area contributed by atoms with Crippen molar-refractivity contribution in [3.63, 3.8) is 0 Å². The number of carbonyl (C=O) groups excluding carboxylic acids is 1. The summed E-state index contributed by atoms with van der Waals surface area (Å²) in [6, 6.07) is 24.4. The molecule has 1 amide bonds. The highest BCUT2D eigenvalue weighted by Crippen LogP contribution is 2.29. The topological polar surface area (TPSA) is 87.3 Å². The number of carbonyl (C=O) groups is 1. The molecule has 1 heterocycles. The molecular formula is C35H46N2O6. The van der Waals surface area contributed by atoms with Gasteiger partial charge in [0.05, 0.1) is 39.6 Å². The number of methoxy groups -OCH3 is 1. The summed E-state index contributed by atoms with van der Waals surface area (Å²) in [7, 11) is 3.34. The van der Waals surface area contributed by atoms with Crippen LogP contribution in [0.4, 0.5) is 0 Å². The Morgan fingerprint density at radius 2 is 1.63 bits per heavy atom. The van der Waals surface area contributed by atoms with Crippen LogP contribution < -0.4 is 24.8 Å². The summed E-state index contributed by atoms with van der Waals surface area (Å²) in [4.78, 5) is 11.5. The molecule has 232 valence electrons. The van der Waals surface area contributed by atoms with Crippen molar-refractivity contribution in [2.45, 2.75) is 50.7 Å². The molecule has 0 aromatic heterocycles. The van der Waals surface area contributed by atoms with Crippen molar-refractivity contribution in [1.82, 2.24) is 10.6 Å². The van der Waals surface area contributed by atoms with Crippen LogP contribution >= 0.6 is 0 Å². The van der Waals surface area contributed by atoms with Gasteiger partial charge < -0.3 is 34.3 Å². The van der Waals surface area contributed by atoms with Gasteiger partial charge >= 0.3 is 0 Å². The molecule has 0 bridgehead atoms. The average Bonchev–Trinajstić information content (AvgIpc) is 3.06. The van der Waals surface area contributed by atoms with Crippen LogP contribution in [0.3, 0.4) is 0 Å². The molecular weight excluding hydrogens is 544 g/mol. The van der Waals surface area contributed by atoms with Crippen molar-refractivity contribution < 1.29 is 28.5 Å². The summed E-state index contributed by atoms with van der Waals surface area (Å²) in [6.07, 6.45) is 4.00. The van der Waals surface area contributed by atoms with Gasteiger partial charge in [0.25, 0.3) is 0 Å². The zero-order valence-electron chi connectivity index (χ0n) is 25.5. The number of benzene rings is 3. The van der Waals surface area contributed by atoms with E-state index in [-0.39, 0.29) is 12.0 Å². The van der Waals surface area contributed by atoms with Gasteiger partial charge in [0, 0.05) is 37.9 Å². The molecule has 1 saturated heterocycles. The number of piperidine rings is 1. The Morgan fingerprint density at radius 3 is 2.42 bits per heavy atom. The molecule has 8 nitrogen and oxygen atoms in total. The third-order valence-electron chi connectivity index (χ3n) is 7.66. The van der Waals surface area contributed by atoms with Gasteiger partial charge in [-0.2, -0.15) is 0 Å². The van der Waals surface area contributed by atoms with Crippen molar-refractivity contribution in [2.75, 3.05) is 53.7 Å². The number of hydrogen-bond acceptors (Lipinski definition) is 7. The normalized spacial score (nSPS) is 16.4. The lowest BCUT2D eigenvalue weighted by Crippen LogP contribution is -2.41. The van der Waals surface area contributed by atoms with E-state index in [4.69, 9.17) is 23.7 Å². The zero-order valence-corrected chi connectivity index (χ0v) is 25.5. The van der Waals surface area contributed by atoms with E-state index in [1.807, 2.05) is 54.6 Å². The fourth-order valence-corrected chi connectivity index (χ4v) is 5.32. The minimum absolute atomic E-state index is 0.0618. The van der Waals surface area contributed by atoms with Gasteiger partial charge in [-0.05, 0) is 61.2 Å². The molecule has 2 atom stereocenters. The first-order valence-electron chi connectivity index (χ1n) is 15.3. The maximum atomic E-state index is 11.5. The minimum atomic E-state index is 0.0618. The Morgan fingerprint density at radius 1 is 0.860 bits per heavy atom. The molecule has 0 saturated carbocycles. The lowest BCUT2D eigenvalue weighted by Gasteiger charge is -2.32. The van der Waals surface area contributed by atoms with Crippen LogP contribution in [0.15, 0.2) is 72.8 Å². The Bertz CT molecular complexity index is 1240. The summed E-state index contributed by atoms with van der Waals surface area (Å²) >= 11 is 0. The maximum absolute atomic E-state index is 11.5. The predicted molar refractivity (Wildman–Crippen MR) is 168 cm³/mol. The van der Waals surface area contributed by atoms with E-state index in [1.165, 1.54) is 5.56 Å². The Balaban J connectivity index is 1.16. The van der Waals surface area contributed by atoms with Gasteiger partial charge in [-0.25, -0.2) is 0 Å². The summed E-state index contributed by atoms with van der Waals surface area (Å²) in [5.74, 6) is 2.95. The van der Waals surface area contributed by atoms with Crippen LogP contribution in [-0.2, 0) is 27.3 Å². The first-order valence-corrected chi connectivity index (χ1v) is 15.3. The van der Waals surface area contributed by atoms with Crippen molar-refractivity contribution >= 4 is 5.91 Å². The molecule has 43 heavy (non-hydrogen) atoms. The zero-order chi connectivity index (χ0) is 30.1. The van der Waals surface area contributed by atoms with Gasteiger partial charge in [0.2, 0.25) is 5.91 Å². The molecule has 1 aliphatic heterocycles. The molecule has 8 heteroatoms. The van der Waals surface area contributed by atoms with E-state index in [0.717, 1.165) is 67.1 Å². The van der Waals surface area contributed by atoms with E-state index in [1.54, 1.807) is 14.2 Å². The van der Waals surface area contributed by atoms with E-state index in [9.17, 15) is 4.79 Å². The lowest BCUT2D eigenvalue weighted by atomic mass is 9.88. The SMILES string of the molecule is CNC(=O)CCCc1ccccc1OCCOC1CNCCC1c1ccc(OCCCOCc2ccccc2OC)cc1. The van der Waals surface area contributed by atoms with E-state index in [0.29, 0.717) is 45.4 Å². The monoisotopic (exact) mass is 590 g/mol. The van der Waals surface area contributed by atoms with Gasteiger partial charge in [-0.15, -0.1) is 0 Å². The van der Waals surface area contributed by atoms with Crippen molar-refractivity contribution in [3.8, 4) is 17.2 Å². The molecule has 0 aliphatic carbocycles. The van der Waals surface area contributed by atoms with Crippen LogP contribution in [-0.4, -0.2) is 65.7 Å². The highest BCUT2D eigenvalue weighted by atomic mass is 16.5. The standard InChI is InChI=1S/C35H46N2O6/c1-36-35(38)14-7-11-28-9-3-6-13-33(28)42-23-24-43-34-25-37-20-19-31(34)27-15-17-30(18-16-27)41-22-8-21-40-26-29-10-4-5-12-32(29)39-2/h3-6,9-10,12-13,15-18,31,34,37H,7-8,11,14,19-26H2,1-2H3,(H,36,38). The molecule has 1 fully saturated rings. The van der Waals surface area contributed by atoms with Crippen LogP contribution in [0.5, 0.6) is 17.2 Å².